The first-order chi connectivity index (χ1) is 12.7. The Bertz CT molecular complexity index is 1020. The van der Waals surface area contributed by atoms with Crippen molar-refractivity contribution in [2.45, 2.75) is 19.9 Å². The first kappa shape index (κ1) is 17.1. The molecule has 3 aromatic rings. The van der Waals surface area contributed by atoms with E-state index in [9.17, 15) is 4.79 Å². The lowest BCUT2D eigenvalue weighted by atomic mass is 10.1. The van der Waals surface area contributed by atoms with Crippen molar-refractivity contribution in [2.24, 2.45) is 0 Å². The predicted molar refractivity (Wildman–Crippen MR) is 114 cm³/mol. The number of amides is 1. The van der Waals surface area contributed by atoms with Gasteiger partial charge in [-0.25, -0.2) is 0 Å². The van der Waals surface area contributed by atoms with Crippen molar-refractivity contribution in [1.82, 2.24) is 4.57 Å². The number of thiocarbonyl (C=S) groups is 1. The van der Waals surface area contributed by atoms with Crippen LogP contribution in [0.2, 0.25) is 0 Å². The van der Waals surface area contributed by atoms with Gasteiger partial charge >= 0.3 is 0 Å². The Kier molecular flexibility index (Phi) is 4.66. The summed E-state index contributed by atoms with van der Waals surface area (Å²) in [6, 6.07) is 17.9. The van der Waals surface area contributed by atoms with Gasteiger partial charge in [-0.2, -0.15) is 0 Å². The maximum absolute atomic E-state index is 12.9. The lowest BCUT2D eigenvalue weighted by Gasteiger charge is -2.13. The number of fused-ring (bicyclic) bond motifs is 1. The van der Waals surface area contributed by atoms with E-state index in [0.717, 1.165) is 29.6 Å². The summed E-state index contributed by atoms with van der Waals surface area (Å²) in [6.45, 7) is 3.12. The molecule has 2 heterocycles. The van der Waals surface area contributed by atoms with E-state index in [1.165, 1.54) is 17.3 Å². The van der Waals surface area contributed by atoms with Gasteiger partial charge in [0.1, 0.15) is 0 Å². The van der Waals surface area contributed by atoms with Gasteiger partial charge in [0.15, 0.2) is 4.32 Å². The van der Waals surface area contributed by atoms with Crippen LogP contribution in [0.5, 0.6) is 0 Å². The monoisotopic (exact) mass is 378 g/mol. The number of anilines is 1. The van der Waals surface area contributed by atoms with E-state index in [1.54, 1.807) is 4.90 Å². The molecule has 26 heavy (non-hydrogen) atoms. The van der Waals surface area contributed by atoms with E-state index >= 15 is 0 Å². The molecule has 1 aromatic heterocycles. The fourth-order valence-electron chi connectivity index (χ4n) is 3.22. The number of carbonyl (C=O) groups excluding carboxylic acids is 1. The molecule has 0 spiro atoms. The molecule has 1 aliphatic rings. The third kappa shape index (κ3) is 2.97. The highest BCUT2D eigenvalue weighted by atomic mass is 32.2. The van der Waals surface area contributed by atoms with E-state index in [4.69, 9.17) is 12.2 Å². The first-order valence-electron chi connectivity index (χ1n) is 8.60. The van der Waals surface area contributed by atoms with E-state index in [1.807, 2.05) is 48.5 Å². The molecule has 0 radical (unpaired) electrons. The summed E-state index contributed by atoms with van der Waals surface area (Å²) in [6.07, 6.45) is 5.16. The minimum absolute atomic E-state index is 0.0569. The van der Waals surface area contributed by atoms with Crippen LogP contribution in [-0.4, -0.2) is 14.8 Å². The van der Waals surface area contributed by atoms with Crippen molar-refractivity contribution in [2.75, 3.05) is 4.90 Å². The van der Waals surface area contributed by atoms with E-state index in [2.05, 4.69) is 29.8 Å². The maximum Gasteiger partial charge on any atom is 0.270 e. The van der Waals surface area contributed by atoms with Gasteiger partial charge in [0.05, 0.1) is 10.6 Å². The van der Waals surface area contributed by atoms with Crippen molar-refractivity contribution in [3.05, 3.63) is 71.3 Å². The van der Waals surface area contributed by atoms with E-state index in [0.29, 0.717) is 9.23 Å². The molecule has 5 heteroatoms. The van der Waals surface area contributed by atoms with Crippen LogP contribution in [0.25, 0.3) is 17.0 Å². The summed E-state index contributed by atoms with van der Waals surface area (Å²) in [5, 5.41) is 1.16. The second kappa shape index (κ2) is 7.09. The molecule has 1 aliphatic heterocycles. The Labute approximate surface area is 162 Å². The Morgan fingerprint density at radius 1 is 1.08 bits per heavy atom. The normalized spacial score (nSPS) is 16.2. The predicted octanol–water partition coefficient (Wildman–Crippen LogP) is 5.46. The van der Waals surface area contributed by atoms with Crippen LogP contribution >= 0.6 is 24.0 Å². The number of aryl methyl sites for hydroxylation is 1. The minimum Gasteiger partial charge on any atom is -0.347 e. The maximum atomic E-state index is 12.9. The van der Waals surface area contributed by atoms with Crippen LogP contribution in [0.15, 0.2) is 65.7 Å². The van der Waals surface area contributed by atoms with Crippen LogP contribution < -0.4 is 4.90 Å². The van der Waals surface area contributed by atoms with Gasteiger partial charge in [-0.15, -0.1) is 0 Å². The van der Waals surface area contributed by atoms with Crippen molar-refractivity contribution in [1.29, 1.82) is 0 Å². The molecule has 0 unspecified atom stereocenters. The summed E-state index contributed by atoms with van der Waals surface area (Å²) in [7, 11) is 0. The van der Waals surface area contributed by atoms with Crippen LogP contribution in [0.1, 0.15) is 18.9 Å². The number of thioether (sulfide) groups is 1. The first-order valence-corrected chi connectivity index (χ1v) is 9.82. The highest BCUT2D eigenvalue weighted by Crippen LogP contribution is 2.37. The van der Waals surface area contributed by atoms with Crippen molar-refractivity contribution in [3.8, 4) is 0 Å². The topological polar surface area (TPSA) is 25.2 Å². The molecule has 0 N–H and O–H groups in total. The molecule has 1 saturated heterocycles. The molecular formula is C21H18N2OS2. The van der Waals surface area contributed by atoms with Gasteiger partial charge < -0.3 is 4.57 Å². The van der Waals surface area contributed by atoms with Gasteiger partial charge in [-0.3, -0.25) is 9.69 Å². The molecule has 3 nitrogen and oxygen atoms in total. The number of hydrogen-bond acceptors (Lipinski definition) is 3. The summed E-state index contributed by atoms with van der Waals surface area (Å²) < 4.78 is 2.82. The van der Waals surface area contributed by atoms with Crippen molar-refractivity contribution < 1.29 is 4.79 Å². The summed E-state index contributed by atoms with van der Waals surface area (Å²) in [5.74, 6) is -0.0569. The largest absolute Gasteiger partial charge is 0.347 e. The Balaban J connectivity index is 1.75. The molecule has 4 rings (SSSR count). The Hall–Kier alpha value is -2.37. The summed E-state index contributed by atoms with van der Waals surface area (Å²) in [5.41, 5.74) is 3.06. The number of hydrogen-bond donors (Lipinski definition) is 0. The number of para-hydroxylation sites is 2. The molecule has 1 amide bonds. The number of benzene rings is 2. The molecule has 0 atom stereocenters. The lowest BCUT2D eigenvalue weighted by Crippen LogP contribution is -2.27. The van der Waals surface area contributed by atoms with Crippen molar-refractivity contribution >= 4 is 56.9 Å². The third-order valence-corrected chi connectivity index (χ3v) is 5.68. The number of aromatic nitrogens is 1. The molecule has 2 aromatic carbocycles. The standard InChI is InChI=1S/C21H18N2OS2/c1-2-12-22-14-15(17-10-6-7-11-18(17)22)13-19-20(24)23(21(25)26-19)16-8-4-3-5-9-16/h3-11,13-14H,2,12H2,1H3/b19-13-. The van der Waals surface area contributed by atoms with Crippen LogP contribution in [0.4, 0.5) is 5.69 Å². The second-order valence-corrected chi connectivity index (χ2v) is 7.82. The van der Waals surface area contributed by atoms with Crippen LogP contribution in [0.3, 0.4) is 0 Å². The zero-order valence-electron chi connectivity index (χ0n) is 14.4. The molecular weight excluding hydrogens is 360 g/mol. The van der Waals surface area contributed by atoms with Gasteiger partial charge in [-0.1, -0.05) is 67.3 Å². The molecule has 130 valence electrons. The minimum atomic E-state index is -0.0569. The molecule has 0 saturated carbocycles. The van der Waals surface area contributed by atoms with Crippen LogP contribution in [-0.2, 0) is 11.3 Å². The zero-order chi connectivity index (χ0) is 18.1. The van der Waals surface area contributed by atoms with Gasteiger partial charge in [0.25, 0.3) is 5.91 Å². The van der Waals surface area contributed by atoms with Gasteiger partial charge in [0.2, 0.25) is 0 Å². The third-order valence-electron chi connectivity index (χ3n) is 4.38. The highest BCUT2D eigenvalue weighted by molar-refractivity contribution is 8.27. The Morgan fingerprint density at radius 3 is 2.58 bits per heavy atom. The smallest absolute Gasteiger partial charge is 0.270 e. The Morgan fingerprint density at radius 2 is 1.81 bits per heavy atom. The second-order valence-electron chi connectivity index (χ2n) is 6.15. The zero-order valence-corrected chi connectivity index (χ0v) is 16.0. The summed E-state index contributed by atoms with van der Waals surface area (Å²) >= 11 is 6.82. The average Bonchev–Trinajstić information content (AvgIpc) is 3.14. The average molecular weight is 379 g/mol. The lowest BCUT2D eigenvalue weighted by molar-refractivity contribution is -0.113. The molecule has 0 aliphatic carbocycles. The fourth-order valence-corrected chi connectivity index (χ4v) is 4.51. The highest BCUT2D eigenvalue weighted by Gasteiger charge is 2.33. The summed E-state index contributed by atoms with van der Waals surface area (Å²) in [4.78, 5) is 15.2. The van der Waals surface area contributed by atoms with Crippen LogP contribution in [0, 0.1) is 0 Å². The van der Waals surface area contributed by atoms with Gasteiger partial charge in [-0.05, 0) is 30.7 Å². The van der Waals surface area contributed by atoms with Gasteiger partial charge in [0, 0.05) is 29.2 Å². The number of carbonyl (C=O) groups is 1. The SMILES string of the molecule is CCCn1cc(/C=C2\SC(=S)N(c3ccccc3)C2=O)c2ccccc21. The molecule has 0 bridgehead atoms. The van der Waals surface area contributed by atoms with E-state index in [-0.39, 0.29) is 5.91 Å². The fraction of sp³-hybridized carbons (Fsp3) is 0.143. The number of nitrogens with zero attached hydrogens (tertiary/aromatic N) is 2. The quantitative estimate of drug-likeness (QED) is 0.445. The number of rotatable bonds is 4. The van der Waals surface area contributed by atoms with E-state index < -0.39 is 0 Å². The molecule has 1 fully saturated rings. The van der Waals surface area contributed by atoms with Crippen molar-refractivity contribution in [3.63, 3.8) is 0 Å².